The molecule has 9 N–H and O–H groups in total. The molecule has 0 bridgehead atoms. The molecule has 0 radical (unpaired) electrons. The van der Waals surface area contributed by atoms with Crippen molar-refractivity contribution in [1.82, 2.24) is 26.8 Å². The van der Waals surface area contributed by atoms with Gasteiger partial charge in [-0.15, -0.1) is 0 Å². The first-order valence-corrected chi connectivity index (χ1v) is 7.44. The quantitative estimate of drug-likeness (QED) is 0.346. The molecule has 0 aromatic carbocycles. The topological polar surface area (TPSA) is 185 Å². The van der Waals surface area contributed by atoms with Crippen LogP contribution in [0.15, 0.2) is 24.7 Å². The van der Waals surface area contributed by atoms with Gasteiger partial charge in [0.1, 0.15) is 6.04 Å². The molecule has 0 fully saturated rings. The predicted octanol–water partition coefficient (Wildman–Crippen LogP) is -0.269. The summed E-state index contributed by atoms with van der Waals surface area (Å²) >= 11 is 0. The van der Waals surface area contributed by atoms with E-state index in [2.05, 4.69) is 27.2 Å². The van der Waals surface area contributed by atoms with Gasteiger partial charge >= 0.3 is 5.97 Å². The smallest absolute Gasteiger partial charge is 0.326 e. The lowest BCUT2D eigenvalue weighted by Crippen LogP contribution is -2.42. The molecule has 2 amide bonds. The fourth-order valence-corrected chi connectivity index (χ4v) is 1.53. The summed E-state index contributed by atoms with van der Waals surface area (Å²) in [5.74, 6) is -1.51. The van der Waals surface area contributed by atoms with Crippen molar-refractivity contribution in [2.45, 2.75) is 32.7 Å². The number of H-pyrrole nitrogens is 1. The Morgan fingerprint density at radius 2 is 2.08 bits per heavy atom. The van der Waals surface area contributed by atoms with Crippen LogP contribution in [0.4, 0.5) is 0 Å². The Bertz CT molecular complexity index is 544. The minimum atomic E-state index is -1.08. The van der Waals surface area contributed by atoms with Gasteiger partial charge in [-0.05, 0) is 13.8 Å². The Hall–Kier alpha value is -2.72. The van der Waals surface area contributed by atoms with Crippen molar-refractivity contribution < 1.29 is 19.5 Å². The molecule has 0 spiro atoms. The number of aliphatic carboxylic acids is 1. The van der Waals surface area contributed by atoms with Crippen LogP contribution >= 0.6 is 0 Å². The van der Waals surface area contributed by atoms with Crippen LogP contribution in [0.3, 0.4) is 0 Å². The van der Waals surface area contributed by atoms with Gasteiger partial charge in [-0.3, -0.25) is 9.59 Å². The van der Waals surface area contributed by atoms with E-state index in [1.165, 1.54) is 12.5 Å². The Labute approximate surface area is 146 Å². The SMILES string of the molecule is C=C(C)C(=O)NCC.N.NCCC(=O)NC(Cc1cnc[nH]1)C(=O)O. The molecule has 10 nitrogen and oxygen atoms in total. The van der Waals surface area contributed by atoms with E-state index >= 15 is 0 Å². The Morgan fingerprint density at radius 1 is 1.44 bits per heavy atom. The van der Waals surface area contributed by atoms with Crippen molar-refractivity contribution in [2.24, 2.45) is 5.73 Å². The number of hydrogen-bond donors (Lipinski definition) is 6. The molecule has 1 heterocycles. The standard InChI is InChI=1S/C9H14N4O3.C6H11NO.H3N/c10-2-1-8(14)13-7(9(15)16)3-6-4-11-5-12-6;1-4-7-6(8)5(2)3;/h4-5,7H,1-3,10H2,(H,11,12)(H,13,14)(H,15,16);2,4H2,1,3H3,(H,7,8);1H3. The Morgan fingerprint density at radius 3 is 2.44 bits per heavy atom. The molecular weight excluding hydrogens is 328 g/mol. The lowest BCUT2D eigenvalue weighted by Gasteiger charge is -2.13. The minimum absolute atomic E-state index is 0. The summed E-state index contributed by atoms with van der Waals surface area (Å²) in [7, 11) is 0. The number of nitrogens with zero attached hydrogens (tertiary/aromatic N) is 1. The summed E-state index contributed by atoms with van der Waals surface area (Å²) in [5.41, 5.74) is 6.41. The monoisotopic (exact) mass is 356 g/mol. The third-order valence-corrected chi connectivity index (χ3v) is 2.71. The molecule has 1 unspecified atom stereocenters. The summed E-state index contributed by atoms with van der Waals surface area (Å²) < 4.78 is 0. The fourth-order valence-electron chi connectivity index (χ4n) is 1.53. The number of carbonyl (C=O) groups excluding carboxylic acids is 2. The fraction of sp³-hybridized carbons (Fsp3) is 0.467. The second-order valence-corrected chi connectivity index (χ2v) is 4.92. The van der Waals surface area contributed by atoms with E-state index in [0.717, 1.165) is 0 Å². The van der Waals surface area contributed by atoms with Crippen molar-refractivity contribution in [3.05, 3.63) is 30.4 Å². The molecule has 1 atom stereocenters. The van der Waals surface area contributed by atoms with Crippen LogP contribution in [0, 0.1) is 0 Å². The maximum Gasteiger partial charge on any atom is 0.326 e. The third-order valence-electron chi connectivity index (χ3n) is 2.71. The van der Waals surface area contributed by atoms with Crippen molar-refractivity contribution >= 4 is 17.8 Å². The molecule has 0 aliphatic carbocycles. The summed E-state index contributed by atoms with van der Waals surface area (Å²) in [6, 6.07) is -0.959. The number of nitrogens with two attached hydrogens (primary N) is 1. The van der Waals surface area contributed by atoms with Crippen LogP contribution in [-0.2, 0) is 20.8 Å². The number of carbonyl (C=O) groups is 3. The van der Waals surface area contributed by atoms with E-state index in [9.17, 15) is 14.4 Å². The van der Waals surface area contributed by atoms with Gasteiger partial charge in [-0.25, -0.2) is 9.78 Å². The number of rotatable bonds is 8. The van der Waals surface area contributed by atoms with Gasteiger partial charge in [0.15, 0.2) is 0 Å². The van der Waals surface area contributed by atoms with Crippen LogP contribution in [0.25, 0.3) is 0 Å². The number of aromatic nitrogens is 2. The molecule has 0 saturated heterocycles. The van der Waals surface area contributed by atoms with Gasteiger partial charge in [0.2, 0.25) is 11.8 Å². The van der Waals surface area contributed by atoms with E-state index in [0.29, 0.717) is 17.8 Å². The van der Waals surface area contributed by atoms with Crippen LogP contribution in [0.5, 0.6) is 0 Å². The summed E-state index contributed by atoms with van der Waals surface area (Å²) in [4.78, 5) is 39.2. The molecule has 1 aromatic heterocycles. The zero-order valence-corrected chi connectivity index (χ0v) is 14.7. The van der Waals surface area contributed by atoms with E-state index in [-0.39, 0.29) is 37.4 Å². The van der Waals surface area contributed by atoms with Crippen molar-refractivity contribution in [3.63, 3.8) is 0 Å². The highest BCUT2D eigenvalue weighted by atomic mass is 16.4. The average Bonchev–Trinajstić information content (AvgIpc) is 3.00. The first-order chi connectivity index (χ1) is 11.3. The number of carboxylic acid groups (broad SMARTS) is 1. The summed E-state index contributed by atoms with van der Waals surface area (Å²) in [5, 5.41) is 13.9. The van der Waals surface area contributed by atoms with Gasteiger partial charge in [0.05, 0.1) is 6.33 Å². The first-order valence-electron chi connectivity index (χ1n) is 7.44. The number of carboxylic acids is 1. The number of aromatic amines is 1. The van der Waals surface area contributed by atoms with E-state index in [4.69, 9.17) is 10.8 Å². The van der Waals surface area contributed by atoms with Crippen LogP contribution < -0.4 is 22.5 Å². The van der Waals surface area contributed by atoms with Crippen LogP contribution in [0.1, 0.15) is 26.0 Å². The molecule has 142 valence electrons. The number of amides is 2. The third kappa shape index (κ3) is 11.5. The molecule has 1 aromatic rings. The second-order valence-electron chi connectivity index (χ2n) is 4.92. The van der Waals surface area contributed by atoms with Crippen molar-refractivity contribution in [2.75, 3.05) is 13.1 Å². The maximum absolute atomic E-state index is 11.2. The minimum Gasteiger partial charge on any atom is -0.480 e. The Kier molecular flexibility index (Phi) is 13.4. The highest BCUT2D eigenvalue weighted by molar-refractivity contribution is 5.91. The normalized spacial score (nSPS) is 10.4. The van der Waals surface area contributed by atoms with Gasteiger partial charge in [0, 0.05) is 43.4 Å². The number of nitrogens with one attached hydrogen (secondary N) is 3. The molecule has 0 aliphatic heterocycles. The molecule has 25 heavy (non-hydrogen) atoms. The average molecular weight is 356 g/mol. The Balaban J connectivity index is 0. The van der Waals surface area contributed by atoms with E-state index in [1.807, 2.05) is 6.92 Å². The zero-order chi connectivity index (χ0) is 18.5. The predicted molar refractivity (Wildman–Crippen MR) is 94.0 cm³/mol. The second kappa shape index (κ2) is 13.7. The summed E-state index contributed by atoms with van der Waals surface area (Å²) in [6.07, 6.45) is 3.26. The van der Waals surface area contributed by atoms with Gasteiger partial charge in [-0.2, -0.15) is 0 Å². The zero-order valence-electron chi connectivity index (χ0n) is 14.7. The van der Waals surface area contributed by atoms with Gasteiger partial charge < -0.3 is 32.6 Å². The van der Waals surface area contributed by atoms with Crippen molar-refractivity contribution in [1.29, 1.82) is 0 Å². The lowest BCUT2D eigenvalue weighted by molar-refractivity contribution is -0.141. The van der Waals surface area contributed by atoms with Crippen molar-refractivity contribution in [3.8, 4) is 0 Å². The molecule has 0 aliphatic rings. The lowest BCUT2D eigenvalue weighted by atomic mass is 10.1. The molecule has 0 saturated carbocycles. The highest BCUT2D eigenvalue weighted by Crippen LogP contribution is 1.99. The van der Waals surface area contributed by atoms with Crippen LogP contribution in [-0.4, -0.2) is 52.0 Å². The molecule has 1 rings (SSSR count). The van der Waals surface area contributed by atoms with E-state index < -0.39 is 12.0 Å². The van der Waals surface area contributed by atoms with Gasteiger partial charge in [-0.1, -0.05) is 6.58 Å². The largest absolute Gasteiger partial charge is 0.480 e. The maximum atomic E-state index is 11.2. The number of imidazole rings is 1. The number of likely N-dealkylation sites (N-methyl/N-ethyl adjacent to an activating group) is 1. The molecule has 10 heteroatoms. The molecular formula is C15H28N6O4. The van der Waals surface area contributed by atoms with Gasteiger partial charge in [0.25, 0.3) is 0 Å². The highest BCUT2D eigenvalue weighted by Gasteiger charge is 2.20. The van der Waals surface area contributed by atoms with E-state index in [1.54, 1.807) is 6.92 Å². The van der Waals surface area contributed by atoms with Crippen LogP contribution in [0.2, 0.25) is 0 Å². The first kappa shape index (κ1) is 24.5. The number of hydrogen-bond acceptors (Lipinski definition) is 6. The summed E-state index contributed by atoms with van der Waals surface area (Å²) in [6.45, 7) is 7.89.